The summed E-state index contributed by atoms with van der Waals surface area (Å²) >= 11 is 0. The van der Waals surface area contributed by atoms with Crippen LogP contribution in [0.4, 0.5) is 0 Å². The lowest BCUT2D eigenvalue weighted by atomic mass is 9.77. The van der Waals surface area contributed by atoms with Crippen LogP contribution in [0, 0.1) is 13.8 Å². The molecule has 0 bridgehead atoms. The number of aryl methyl sites for hydroxylation is 2. The zero-order chi connectivity index (χ0) is 21.1. The largest absolute Gasteiger partial charge is 0.492 e. The second-order valence-electron chi connectivity index (χ2n) is 7.21. The van der Waals surface area contributed by atoms with Gasteiger partial charge in [-0.05, 0) is 31.5 Å². The molecule has 0 radical (unpaired) electrons. The fraction of sp³-hybridized carbons (Fsp3) is 0.261. The van der Waals surface area contributed by atoms with Gasteiger partial charge in [0.2, 0.25) is 6.10 Å². The first-order chi connectivity index (χ1) is 14.5. The zero-order valence-electron chi connectivity index (χ0n) is 16.8. The van der Waals surface area contributed by atoms with Crippen molar-refractivity contribution in [1.82, 2.24) is 15.3 Å². The van der Waals surface area contributed by atoms with Crippen LogP contribution in [-0.2, 0) is 10.3 Å². The molecule has 2 aromatic carbocycles. The monoisotopic (exact) mass is 405 g/mol. The van der Waals surface area contributed by atoms with E-state index < -0.39 is 17.6 Å². The van der Waals surface area contributed by atoms with Crippen molar-refractivity contribution in [1.29, 1.82) is 0 Å². The molecule has 4 rings (SSSR count). The maximum Gasteiger partial charge on any atom is 0.347 e. The molecule has 3 aromatic rings. The van der Waals surface area contributed by atoms with Crippen molar-refractivity contribution in [3.8, 4) is 11.8 Å². The summed E-state index contributed by atoms with van der Waals surface area (Å²) in [6.45, 7) is 4.47. The van der Waals surface area contributed by atoms with Crippen LogP contribution in [0.3, 0.4) is 0 Å². The minimum atomic E-state index is -1.34. The normalized spacial score (nSPS) is 19.1. The standard InChI is InChI=1S/C23H23N3O4/c1-15-14-16(2)26-22(25-15)30-20(21(27)28)23(17-8-4-3-5-9-17)18-10-6-7-11-19(18)29-13-12-24-23/h3-11,14,20,24H,12-13H2,1-2H3,(H,27,28)/t20-,23+/m1/s1. The molecule has 0 spiro atoms. The fourth-order valence-electron chi connectivity index (χ4n) is 3.94. The molecule has 2 N–H and O–H groups in total. The Morgan fingerprint density at radius 2 is 1.77 bits per heavy atom. The van der Waals surface area contributed by atoms with Crippen molar-refractivity contribution in [2.24, 2.45) is 0 Å². The molecule has 0 fully saturated rings. The van der Waals surface area contributed by atoms with Gasteiger partial charge >= 0.3 is 12.0 Å². The molecule has 30 heavy (non-hydrogen) atoms. The fourth-order valence-corrected chi connectivity index (χ4v) is 3.94. The molecule has 0 unspecified atom stereocenters. The quantitative estimate of drug-likeness (QED) is 0.674. The van der Waals surface area contributed by atoms with Gasteiger partial charge in [-0.2, -0.15) is 0 Å². The average Bonchev–Trinajstić information content (AvgIpc) is 2.92. The maximum absolute atomic E-state index is 12.6. The van der Waals surface area contributed by atoms with Gasteiger partial charge in [-0.1, -0.05) is 48.5 Å². The van der Waals surface area contributed by atoms with Crippen molar-refractivity contribution in [2.75, 3.05) is 13.2 Å². The highest BCUT2D eigenvalue weighted by atomic mass is 16.5. The van der Waals surface area contributed by atoms with E-state index in [1.807, 2.05) is 74.5 Å². The van der Waals surface area contributed by atoms with Crippen molar-refractivity contribution < 1.29 is 19.4 Å². The Hall–Kier alpha value is -3.45. The van der Waals surface area contributed by atoms with E-state index in [0.717, 1.165) is 5.56 Å². The van der Waals surface area contributed by atoms with E-state index in [-0.39, 0.29) is 6.01 Å². The Morgan fingerprint density at radius 1 is 1.10 bits per heavy atom. The van der Waals surface area contributed by atoms with Crippen LogP contribution in [0.25, 0.3) is 0 Å². The first kappa shape index (κ1) is 19.8. The van der Waals surface area contributed by atoms with Gasteiger partial charge in [0.05, 0.1) is 0 Å². The molecule has 2 heterocycles. The molecule has 2 atom stereocenters. The molecule has 0 aliphatic carbocycles. The molecule has 1 aromatic heterocycles. The number of para-hydroxylation sites is 1. The number of benzene rings is 2. The molecular formula is C23H23N3O4. The highest BCUT2D eigenvalue weighted by Crippen LogP contribution is 2.41. The zero-order valence-corrected chi connectivity index (χ0v) is 16.8. The van der Waals surface area contributed by atoms with Crippen LogP contribution < -0.4 is 14.8 Å². The van der Waals surface area contributed by atoms with Gasteiger partial charge in [0, 0.05) is 23.5 Å². The lowest BCUT2D eigenvalue weighted by Gasteiger charge is -2.39. The number of aromatic nitrogens is 2. The number of nitrogens with one attached hydrogen (secondary N) is 1. The number of hydrogen-bond acceptors (Lipinski definition) is 6. The highest BCUT2D eigenvalue weighted by molar-refractivity contribution is 5.77. The van der Waals surface area contributed by atoms with E-state index in [1.54, 1.807) is 0 Å². The van der Waals surface area contributed by atoms with Gasteiger partial charge in [-0.25, -0.2) is 14.8 Å². The van der Waals surface area contributed by atoms with Gasteiger partial charge in [0.15, 0.2) is 0 Å². The minimum absolute atomic E-state index is 0.0275. The van der Waals surface area contributed by atoms with Gasteiger partial charge in [-0.3, -0.25) is 5.32 Å². The Morgan fingerprint density at radius 3 is 2.47 bits per heavy atom. The molecule has 7 heteroatoms. The lowest BCUT2D eigenvalue weighted by molar-refractivity contribution is -0.149. The third kappa shape index (κ3) is 3.59. The second kappa shape index (κ2) is 8.12. The predicted octanol–water partition coefficient (Wildman–Crippen LogP) is 2.85. The number of carbonyl (C=O) groups is 1. The molecule has 0 saturated carbocycles. The summed E-state index contributed by atoms with van der Waals surface area (Å²) in [4.78, 5) is 21.2. The number of rotatable bonds is 5. The molecular weight excluding hydrogens is 382 g/mol. The van der Waals surface area contributed by atoms with Crippen LogP contribution >= 0.6 is 0 Å². The topological polar surface area (TPSA) is 93.6 Å². The first-order valence-electron chi connectivity index (χ1n) is 9.75. The third-order valence-corrected chi connectivity index (χ3v) is 5.11. The predicted molar refractivity (Wildman–Crippen MR) is 111 cm³/mol. The number of aliphatic carboxylic acids is 1. The van der Waals surface area contributed by atoms with Crippen molar-refractivity contribution in [2.45, 2.75) is 25.5 Å². The van der Waals surface area contributed by atoms with Gasteiger partial charge < -0.3 is 14.6 Å². The van der Waals surface area contributed by atoms with Crippen LogP contribution in [0.5, 0.6) is 11.8 Å². The Bertz CT molecular complexity index is 1040. The van der Waals surface area contributed by atoms with E-state index in [9.17, 15) is 9.90 Å². The average molecular weight is 405 g/mol. The molecule has 0 amide bonds. The minimum Gasteiger partial charge on any atom is -0.492 e. The summed E-state index contributed by atoms with van der Waals surface area (Å²) < 4.78 is 11.9. The number of fused-ring (bicyclic) bond motifs is 1. The van der Waals surface area contributed by atoms with E-state index in [0.29, 0.717) is 35.9 Å². The highest BCUT2D eigenvalue weighted by Gasteiger charge is 2.50. The Balaban J connectivity index is 1.94. The molecule has 7 nitrogen and oxygen atoms in total. The van der Waals surface area contributed by atoms with Crippen LogP contribution in [0.1, 0.15) is 22.5 Å². The van der Waals surface area contributed by atoms with Crippen molar-refractivity contribution in [3.63, 3.8) is 0 Å². The number of ether oxygens (including phenoxy) is 2. The first-order valence-corrected chi connectivity index (χ1v) is 9.75. The summed E-state index contributed by atoms with van der Waals surface area (Å²) in [6, 6.07) is 18.7. The molecule has 1 aliphatic heterocycles. The summed E-state index contributed by atoms with van der Waals surface area (Å²) in [5, 5.41) is 13.7. The third-order valence-electron chi connectivity index (χ3n) is 5.11. The van der Waals surface area contributed by atoms with Crippen LogP contribution in [0.15, 0.2) is 60.7 Å². The summed E-state index contributed by atoms with van der Waals surface area (Å²) in [5.41, 5.74) is 1.63. The number of carboxylic acid groups (broad SMARTS) is 1. The van der Waals surface area contributed by atoms with Crippen molar-refractivity contribution in [3.05, 3.63) is 83.2 Å². The smallest absolute Gasteiger partial charge is 0.347 e. The van der Waals surface area contributed by atoms with Gasteiger partial charge in [0.25, 0.3) is 0 Å². The number of nitrogens with zero attached hydrogens (tertiary/aromatic N) is 2. The van der Waals surface area contributed by atoms with E-state index in [4.69, 9.17) is 9.47 Å². The van der Waals surface area contributed by atoms with Gasteiger partial charge in [-0.15, -0.1) is 0 Å². The lowest BCUT2D eigenvalue weighted by Crippen LogP contribution is -2.58. The molecule has 1 aliphatic rings. The van der Waals surface area contributed by atoms with Crippen LogP contribution in [0.2, 0.25) is 0 Å². The van der Waals surface area contributed by atoms with E-state index in [1.165, 1.54) is 0 Å². The summed E-state index contributed by atoms with van der Waals surface area (Å²) in [5.74, 6) is -0.520. The van der Waals surface area contributed by atoms with E-state index in [2.05, 4.69) is 15.3 Å². The van der Waals surface area contributed by atoms with Crippen LogP contribution in [-0.4, -0.2) is 40.3 Å². The Kier molecular flexibility index (Phi) is 5.37. The number of carboxylic acids is 1. The summed E-state index contributed by atoms with van der Waals surface area (Å²) in [6.07, 6.45) is -1.34. The molecule has 0 saturated heterocycles. The molecule has 154 valence electrons. The SMILES string of the molecule is Cc1cc(C)nc(O[C@H](C(=O)O)[C@@]2(c3ccccc3)NCCOc3ccccc32)n1. The van der Waals surface area contributed by atoms with E-state index >= 15 is 0 Å². The second-order valence-corrected chi connectivity index (χ2v) is 7.21. The van der Waals surface area contributed by atoms with Gasteiger partial charge in [0.1, 0.15) is 17.9 Å². The Labute approximate surface area is 174 Å². The van der Waals surface area contributed by atoms with Crippen molar-refractivity contribution >= 4 is 5.97 Å². The summed E-state index contributed by atoms with van der Waals surface area (Å²) in [7, 11) is 0. The maximum atomic E-state index is 12.6. The number of hydrogen-bond donors (Lipinski definition) is 2.